The van der Waals surface area contributed by atoms with Gasteiger partial charge in [-0.15, -0.1) is 11.8 Å². The lowest BCUT2D eigenvalue weighted by Crippen LogP contribution is -2.52. The molecule has 2 fully saturated rings. The van der Waals surface area contributed by atoms with Crippen molar-refractivity contribution < 1.29 is 19.1 Å². The standard InChI is InChI=1S/C24H27N3O4S/c1-3-31-19-10-8-18(9-11-19)27-22(28)17(2)32-24(27)20-6-4-5-7-21(20)26(23(24)29)16-25-12-14-30-15-13-25/h4-11,17H,3,12-16H2,1-2H3. The number of hydrogen-bond donors (Lipinski definition) is 0. The van der Waals surface area contributed by atoms with Crippen LogP contribution in [0.25, 0.3) is 0 Å². The smallest absolute Gasteiger partial charge is 0.269 e. The fourth-order valence-corrected chi connectivity index (χ4v) is 6.21. The lowest BCUT2D eigenvalue weighted by molar-refractivity contribution is -0.124. The van der Waals surface area contributed by atoms with Crippen molar-refractivity contribution in [3.05, 3.63) is 54.1 Å². The minimum Gasteiger partial charge on any atom is -0.494 e. The Labute approximate surface area is 192 Å². The molecule has 0 aliphatic carbocycles. The summed E-state index contributed by atoms with van der Waals surface area (Å²) < 4.78 is 11.0. The first kappa shape index (κ1) is 21.3. The summed E-state index contributed by atoms with van der Waals surface area (Å²) in [6.07, 6.45) is 0. The first-order valence-corrected chi connectivity index (χ1v) is 11.9. The van der Waals surface area contributed by atoms with E-state index in [2.05, 4.69) is 4.90 Å². The number of rotatable bonds is 5. The molecule has 0 N–H and O–H groups in total. The van der Waals surface area contributed by atoms with E-state index >= 15 is 0 Å². The Kier molecular flexibility index (Phi) is 5.61. The average molecular weight is 454 g/mol. The highest BCUT2D eigenvalue weighted by atomic mass is 32.2. The van der Waals surface area contributed by atoms with Gasteiger partial charge < -0.3 is 9.47 Å². The summed E-state index contributed by atoms with van der Waals surface area (Å²) in [7, 11) is 0. The van der Waals surface area contributed by atoms with Crippen LogP contribution in [0, 0.1) is 0 Å². The van der Waals surface area contributed by atoms with Crippen molar-refractivity contribution in [2.24, 2.45) is 0 Å². The lowest BCUT2D eigenvalue weighted by Gasteiger charge is -2.35. The minimum atomic E-state index is -1.10. The Morgan fingerprint density at radius 3 is 2.53 bits per heavy atom. The van der Waals surface area contributed by atoms with Crippen LogP contribution in [0.15, 0.2) is 48.5 Å². The van der Waals surface area contributed by atoms with E-state index in [1.807, 2.05) is 67.3 Å². The molecular formula is C24H27N3O4S. The van der Waals surface area contributed by atoms with Crippen molar-refractivity contribution in [3.8, 4) is 5.75 Å². The minimum absolute atomic E-state index is 0.0597. The zero-order valence-corrected chi connectivity index (χ0v) is 19.1. The van der Waals surface area contributed by atoms with Gasteiger partial charge in [-0.3, -0.25) is 24.3 Å². The molecule has 0 aromatic heterocycles. The molecule has 2 aromatic carbocycles. The second-order valence-corrected chi connectivity index (χ2v) is 9.66. The molecule has 5 rings (SSSR count). The van der Waals surface area contributed by atoms with Gasteiger partial charge in [0.15, 0.2) is 0 Å². The van der Waals surface area contributed by atoms with Gasteiger partial charge in [0.2, 0.25) is 10.8 Å². The van der Waals surface area contributed by atoms with Gasteiger partial charge in [0, 0.05) is 24.3 Å². The van der Waals surface area contributed by atoms with Crippen LogP contribution in [-0.2, 0) is 19.2 Å². The number of morpholine rings is 1. The van der Waals surface area contributed by atoms with Crippen molar-refractivity contribution in [1.29, 1.82) is 0 Å². The molecule has 2 unspecified atom stereocenters. The molecule has 8 heteroatoms. The van der Waals surface area contributed by atoms with E-state index in [-0.39, 0.29) is 17.1 Å². The summed E-state index contributed by atoms with van der Waals surface area (Å²) in [6, 6.07) is 15.3. The first-order valence-electron chi connectivity index (χ1n) is 11.0. The number of carbonyl (C=O) groups is 2. The fraction of sp³-hybridized carbons (Fsp3) is 0.417. The quantitative estimate of drug-likeness (QED) is 0.694. The molecule has 3 aliphatic heterocycles. The number of amides is 2. The molecule has 0 bridgehead atoms. The van der Waals surface area contributed by atoms with Crippen molar-refractivity contribution in [1.82, 2.24) is 4.90 Å². The Bertz CT molecular complexity index is 1020. The summed E-state index contributed by atoms with van der Waals surface area (Å²) in [4.78, 5) is 32.2. The van der Waals surface area contributed by atoms with Crippen molar-refractivity contribution in [3.63, 3.8) is 0 Å². The highest BCUT2D eigenvalue weighted by Gasteiger charge is 2.63. The Morgan fingerprint density at radius 2 is 1.81 bits per heavy atom. The zero-order valence-electron chi connectivity index (χ0n) is 18.3. The average Bonchev–Trinajstić information content (AvgIpc) is 3.21. The van der Waals surface area contributed by atoms with E-state index in [9.17, 15) is 9.59 Å². The number of para-hydroxylation sites is 1. The second kappa shape index (κ2) is 8.42. The van der Waals surface area contributed by atoms with Crippen LogP contribution in [-0.4, -0.2) is 61.5 Å². The second-order valence-electron chi connectivity index (χ2n) is 8.13. The number of anilines is 2. The van der Waals surface area contributed by atoms with Gasteiger partial charge in [-0.25, -0.2) is 0 Å². The molecule has 0 radical (unpaired) electrons. The normalized spacial score (nSPS) is 25.6. The van der Waals surface area contributed by atoms with Gasteiger partial charge in [0.05, 0.1) is 37.4 Å². The SMILES string of the molecule is CCOc1ccc(N2C(=O)C(C)SC23C(=O)N(CN2CCOCC2)c2ccccc23)cc1. The predicted octanol–water partition coefficient (Wildman–Crippen LogP) is 3.04. The van der Waals surface area contributed by atoms with E-state index in [4.69, 9.17) is 9.47 Å². The summed E-state index contributed by atoms with van der Waals surface area (Å²) in [5.41, 5.74) is 2.44. The lowest BCUT2D eigenvalue weighted by atomic mass is 10.0. The van der Waals surface area contributed by atoms with Crippen molar-refractivity contribution in [2.75, 3.05) is 49.4 Å². The third kappa shape index (κ3) is 3.29. The van der Waals surface area contributed by atoms with Crippen molar-refractivity contribution >= 4 is 35.0 Å². The van der Waals surface area contributed by atoms with Gasteiger partial charge in [0.1, 0.15) is 5.75 Å². The monoisotopic (exact) mass is 453 g/mol. The fourth-order valence-electron chi connectivity index (χ4n) is 4.68. The number of nitrogens with zero attached hydrogens (tertiary/aromatic N) is 3. The van der Waals surface area contributed by atoms with Crippen LogP contribution >= 0.6 is 11.8 Å². The number of fused-ring (bicyclic) bond motifs is 2. The Balaban J connectivity index is 1.57. The third-order valence-corrected chi connectivity index (χ3v) is 7.65. The maximum Gasteiger partial charge on any atom is 0.269 e. The summed E-state index contributed by atoms with van der Waals surface area (Å²) in [5, 5.41) is -0.332. The van der Waals surface area contributed by atoms with Gasteiger partial charge in [0.25, 0.3) is 5.91 Å². The molecule has 2 saturated heterocycles. The zero-order chi connectivity index (χ0) is 22.3. The Hall–Kier alpha value is -2.55. The van der Waals surface area contributed by atoms with E-state index in [1.165, 1.54) is 11.8 Å². The third-order valence-electron chi connectivity index (χ3n) is 6.18. The van der Waals surface area contributed by atoms with Gasteiger partial charge >= 0.3 is 0 Å². The highest BCUT2D eigenvalue weighted by molar-refractivity contribution is 8.03. The van der Waals surface area contributed by atoms with Crippen LogP contribution in [0.5, 0.6) is 5.75 Å². The van der Waals surface area contributed by atoms with Gasteiger partial charge in [-0.05, 0) is 44.2 Å². The molecule has 2 atom stereocenters. The molecular weight excluding hydrogens is 426 g/mol. The number of carbonyl (C=O) groups excluding carboxylic acids is 2. The van der Waals surface area contributed by atoms with Crippen LogP contribution in [0.3, 0.4) is 0 Å². The molecule has 3 heterocycles. The molecule has 2 aromatic rings. The van der Waals surface area contributed by atoms with E-state index < -0.39 is 4.87 Å². The largest absolute Gasteiger partial charge is 0.494 e. The number of benzene rings is 2. The molecule has 168 valence electrons. The van der Waals surface area contributed by atoms with E-state index in [0.717, 1.165) is 30.1 Å². The summed E-state index contributed by atoms with van der Waals surface area (Å²) in [6.45, 7) is 7.76. The van der Waals surface area contributed by atoms with Gasteiger partial charge in [-0.1, -0.05) is 18.2 Å². The molecule has 7 nitrogen and oxygen atoms in total. The van der Waals surface area contributed by atoms with Crippen molar-refractivity contribution in [2.45, 2.75) is 24.0 Å². The first-order chi connectivity index (χ1) is 15.6. The van der Waals surface area contributed by atoms with Gasteiger partial charge in [-0.2, -0.15) is 0 Å². The highest BCUT2D eigenvalue weighted by Crippen LogP contribution is 2.57. The number of hydrogen-bond acceptors (Lipinski definition) is 6. The predicted molar refractivity (Wildman–Crippen MR) is 125 cm³/mol. The summed E-state index contributed by atoms with van der Waals surface area (Å²) in [5.74, 6) is 0.613. The summed E-state index contributed by atoms with van der Waals surface area (Å²) >= 11 is 1.43. The van der Waals surface area contributed by atoms with Crippen LogP contribution in [0.2, 0.25) is 0 Å². The topological polar surface area (TPSA) is 62.3 Å². The van der Waals surface area contributed by atoms with E-state index in [1.54, 1.807) is 4.90 Å². The van der Waals surface area contributed by atoms with Crippen LogP contribution < -0.4 is 14.5 Å². The van der Waals surface area contributed by atoms with Crippen LogP contribution in [0.1, 0.15) is 19.4 Å². The number of ether oxygens (including phenoxy) is 2. The maximum atomic E-state index is 14.1. The van der Waals surface area contributed by atoms with E-state index in [0.29, 0.717) is 32.2 Å². The molecule has 0 saturated carbocycles. The van der Waals surface area contributed by atoms with Crippen LogP contribution in [0.4, 0.5) is 11.4 Å². The maximum absolute atomic E-state index is 14.1. The molecule has 3 aliphatic rings. The number of thioether (sulfide) groups is 1. The molecule has 2 amide bonds. The molecule has 1 spiro atoms. The molecule has 32 heavy (non-hydrogen) atoms. The Morgan fingerprint density at radius 1 is 1.09 bits per heavy atom.